The summed E-state index contributed by atoms with van der Waals surface area (Å²) in [4.78, 5) is 5.44. The van der Waals surface area contributed by atoms with Gasteiger partial charge in [-0.15, -0.1) is 11.8 Å². The van der Waals surface area contributed by atoms with E-state index in [1.807, 2.05) is 24.5 Å². The van der Waals surface area contributed by atoms with Gasteiger partial charge < -0.3 is 11.1 Å². The SMILES string of the molecule is CSc1ccccc1NC(N)=NCC(C)C. The minimum Gasteiger partial charge on any atom is -0.370 e. The molecule has 4 heteroatoms. The normalized spacial score (nSPS) is 11.9. The van der Waals surface area contributed by atoms with Crippen molar-refractivity contribution >= 4 is 23.4 Å². The van der Waals surface area contributed by atoms with Gasteiger partial charge in [0.05, 0.1) is 5.69 Å². The fourth-order valence-electron chi connectivity index (χ4n) is 1.21. The van der Waals surface area contributed by atoms with Crippen molar-refractivity contribution in [3.05, 3.63) is 24.3 Å². The predicted octanol–water partition coefficient (Wildman–Crippen LogP) is 2.79. The number of thioether (sulfide) groups is 1. The van der Waals surface area contributed by atoms with E-state index in [4.69, 9.17) is 5.73 Å². The molecular formula is C12H19N3S. The lowest BCUT2D eigenvalue weighted by Crippen LogP contribution is -2.23. The average molecular weight is 237 g/mol. The van der Waals surface area contributed by atoms with Crippen LogP contribution in [-0.4, -0.2) is 18.8 Å². The fraction of sp³-hybridized carbons (Fsp3) is 0.417. The quantitative estimate of drug-likeness (QED) is 0.481. The van der Waals surface area contributed by atoms with Gasteiger partial charge >= 0.3 is 0 Å². The van der Waals surface area contributed by atoms with E-state index >= 15 is 0 Å². The van der Waals surface area contributed by atoms with Gasteiger partial charge in [0.1, 0.15) is 0 Å². The van der Waals surface area contributed by atoms with Crippen molar-refractivity contribution in [3.8, 4) is 0 Å². The van der Waals surface area contributed by atoms with Crippen LogP contribution in [0, 0.1) is 5.92 Å². The zero-order chi connectivity index (χ0) is 12.0. The van der Waals surface area contributed by atoms with Crippen molar-refractivity contribution in [1.82, 2.24) is 0 Å². The number of hydrogen-bond donors (Lipinski definition) is 2. The number of nitrogens with one attached hydrogen (secondary N) is 1. The van der Waals surface area contributed by atoms with Crippen molar-refractivity contribution in [2.45, 2.75) is 18.7 Å². The summed E-state index contributed by atoms with van der Waals surface area (Å²) < 4.78 is 0. The Morgan fingerprint density at radius 2 is 2.12 bits per heavy atom. The summed E-state index contributed by atoms with van der Waals surface area (Å²) in [6.07, 6.45) is 2.04. The molecule has 0 bridgehead atoms. The summed E-state index contributed by atoms with van der Waals surface area (Å²) in [6, 6.07) is 8.06. The fourth-order valence-corrected chi connectivity index (χ4v) is 1.76. The van der Waals surface area contributed by atoms with Gasteiger partial charge in [-0.1, -0.05) is 26.0 Å². The van der Waals surface area contributed by atoms with E-state index in [0.717, 1.165) is 12.2 Å². The maximum absolute atomic E-state index is 5.81. The van der Waals surface area contributed by atoms with Gasteiger partial charge in [0.25, 0.3) is 0 Å². The molecule has 3 N–H and O–H groups in total. The first-order valence-electron chi connectivity index (χ1n) is 5.33. The summed E-state index contributed by atoms with van der Waals surface area (Å²) in [5, 5.41) is 3.12. The first-order chi connectivity index (χ1) is 7.63. The van der Waals surface area contributed by atoms with Crippen molar-refractivity contribution in [2.24, 2.45) is 16.6 Å². The second-order valence-corrected chi connectivity index (χ2v) is 4.79. The monoisotopic (exact) mass is 237 g/mol. The van der Waals surface area contributed by atoms with Gasteiger partial charge in [0.2, 0.25) is 0 Å². The summed E-state index contributed by atoms with van der Waals surface area (Å²) in [6.45, 7) is 4.99. The average Bonchev–Trinajstić information content (AvgIpc) is 2.27. The Kier molecular flexibility index (Phi) is 5.19. The number of aliphatic imine (C=N–C) groups is 1. The van der Waals surface area contributed by atoms with Crippen LogP contribution in [0.1, 0.15) is 13.8 Å². The van der Waals surface area contributed by atoms with Gasteiger partial charge in [-0.05, 0) is 24.3 Å². The number of guanidine groups is 1. The number of hydrogen-bond acceptors (Lipinski definition) is 2. The maximum Gasteiger partial charge on any atom is 0.193 e. The van der Waals surface area contributed by atoms with Crippen molar-refractivity contribution in [2.75, 3.05) is 18.1 Å². The largest absolute Gasteiger partial charge is 0.370 e. The Bertz CT molecular complexity index is 361. The first kappa shape index (κ1) is 12.9. The number of anilines is 1. The molecule has 0 unspecified atom stereocenters. The molecule has 0 spiro atoms. The topological polar surface area (TPSA) is 50.4 Å². The third-order valence-corrected chi connectivity index (χ3v) is 2.79. The standard InChI is InChI=1S/C12H19N3S/c1-9(2)8-14-12(13)15-10-6-4-5-7-11(10)16-3/h4-7,9H,8H2,1-3H3,(H3,13,14,15). The smallest absolute Gasteiger partial charge is 0.193 e. The van der Waals surface area contributed by atoms with Crippen LogP contribution in [0.25, 0.3) is 0 Å². The molecule has 1 aromatic rings. The second-order valence-electron chi connectivity index (χ2n) is 3.95. The number of benzene rings is 1. The summed E-state index contributed by atoms with van der Waals surface area (Å²) in [7, 11) is 0. The van der Waals surface area contributed by atoms with E-state index in [2.05, 4.69) is 30.2 Å². The molecule has 0 amide bonds. The van der Waals surface area contributed by atoms with Crippen molar-refractivity contribution in [1.29, 1.82) is 0 Å². The molecule has 0 atom stereocenters. The van der Waals surface area contributed by atoms with E-state index in [1.54, 1.807) is 11.8 Å². The van der Waals surface area contributed by atoms with Gasteiger partial charge in [0.15, 0.2) is 5.96 Å². The zero-order valence-corrected chi connectivity index (χ0v) is 10.8. The zero-order valence-electron chi connectivity index (χ0n) is 10.0. The molecule has 16 heavy (non-hydrogen) atoms. The van der Waals surface area contributed by atoms with Crippen LogP contribution in [-0.2, 0) is 0 Å². The van der Waals surface area contributed by atoms with Crippen molar-refractivity contribution in [3.63, 3.8) is 0 Å². The number of nitrogens with zero attached hydrogens (tertiary/aromatic N) is 1. The second kappa shape index (κ2) is 6.43. The Morgan fingerprint density at radius 1 is 1.44 bits per heavy atom. The van der Waals surface area contributed by atoms with Gasteiger partial charge in [-0.2, -0.15) is 0 Å². The molecule has 3 nitrogen and oxygen atoms in total. The molecule has 0 radical (unpaired) electrons. The lowest BCUT2D eigenvalue weighted by molar-refractivity contribution is 0.665. The summed E-state index contributed by atoms with van der Waals surface area (Å²) in [5.74, 6) is 1.01. The molecule has 0 aliphatic heterocycles. The summed E-state index contributed by atoms with van der Waals surface area (Å²) in [5.41, 5.74) is 6.82. The van der Waals surface area contributed by atoms with Crippen LogP contribution in [0.3, 0.4) is 0 Å². The molecule has 0 heterocycles. The van der Waals surface area contributed by atoms with Crippen molar-refractivity contribution < 1.29 is 0 Å². The number of nitrogens with two attached hydrogens (primary N) is 1. The molecule has 1 aromatic carbocycles. The number of rotatable bonds is 4. The molecule has 0 aliphatic carbocycles. The van der Waals surface area contributed by atoms with Crippen LogP contribution < -0.4 is 11.1 Å². The lowest BCUT2D eigenvalue weighted by atomic mass is 10.2. The molecule has 88 valence electrons. The Morgan fingerprint density at radius 3 is 2.75 bits per heavy atom. The minimum atomic E-state index is 0.482. The highest BCUT2D eigenvalue weighted by molar-refractivity contribution is 7.98. The van der Waals surface area contributed by atoms with E-state index in [9.17, 15) is 0 Å². The van der Waals surface area contributed by atoms with Crippen LogP contribution in [0.4, 0.5) is 5.69 Å². The Hall–Kier alpha value is -1.16. The van der Waals surface area contributed by atoms with Gasteiger partial charge in [-0.3, -0.25) is 4.99 Å². The highest BCUT2D eigenvalue weighted by Crippen LogP contribution is 2.24. The third kappa shape index (κ3) is 4.14. The summed E-state index contributed by atoms with van der Waals surface area (Å²) >= 11 is 1.69. The molecule has 0 saturated carbocycles. The van der Waals surface area contributed by atoms with Gasteiger partial charge in [-0.25, -0.2) is 0 Å². The molecule has 1 rings (SSSR count). The maximum atomic E-state index is 5.81. The molecule has 0 saturated heterocycles. The van der Waals surface area contributed by atoms with Crippen LogP contribution in [0.15, 0.2) is 34.2 Å². The van der Waals surface area contributed by atoms with Crippen LogP contribution in [0.5, 0.6) is 0 Å². The van der Waals surface area contributed by atoms with E-state index in [-0.39, 0.29) is 0 Å². The molecule has 0 aliphatic rings. The lowest BCUT2D eigenvalue weighted by Gasteiger charge is -2.09. The van der Waals surface area contributed by atoms with Gasteiger partial charge in [0, 0.05) is 11.4 Å². The van der Waals surface area contributed by atoms with E-state index in [1.165, 1.54) is 4.90 Å². The number of para-hydroxylation sites is 1. The van der Waals surface area contributed by atoms with E-state index in [0.29, 0.717) is 11.9 Å². The van der Waals surface area contributed by atoms with E-state index < -0.39 is 0 Å². The molecule has 0 aromatic heterocycles. The highest BCUT2D eigenvalue weighted by atomic mass is 32.2. The third-order valence-electron chi connectivity index (χ3n) is 2.00. The molecule has 0 fully saturated rings. The Labute approximate surface area is 102 Å². The molecular weight excluding hydrogens is 218 g/mol. The van der Waals surface area contributed by atoms with Crippen LogP contribution >= 0.6 is 11.8 Å². The highest BCUT2D eigenvalue weighted by Gasteiger charge is 2.01. The first-order valence-corrected chi connectivity index (χ1v) is 6.56. The van der Waals surface area contributed by atoms with Crippen LogP contribution in [0.2, 0.25) is 0 Å². The Balaban J connectivity index is 2.68. The minimum absolute atomic E-state index is 0.482. The predicted molar refractivity (Wildman–Crippen MR) is 73.2 cm³/mol.